The van der Waals surface area contributed by atoms with Crippen molar-refractivity contribution in [3.8, 4) is 11.6 Å². The molecule has 3 N–H and O–H groups in total. The summed E-state index contributed by atoms with van der Waals surface area (Å²) in [6.45, 7) is 0. The van der Waals surface area contributed by atoms with Crippen molar-refractivity contribution >= 4 is 5.71 Å². The van der Waals surface area contributed by atoms with E-state index in [1.54, 1.807) is 24.3 Å². The van der Waals surface area contributed by atoms with Crippen molar-refractivity contribution < 1.29 is 10.2 Å². The molecule has 1 aliphatic rings. The smallest absolute Gasteiger partial charge is 0.333 e. The summed E-state index contributed by atoms with van der Waals surface area (Å²) in [4.78, 5) is 24.1. The summed E-state index contributed by atoms with van der Waals surface area (Å²) in [5, 5.41) is 23.6. The van der Waals surface area contributed by atoms with Crippen molar-refractivity contribution in [2.45, 2.75) is 12.5 Å². The van der Waals surface area contributed by atoms with Crippen LogP contribution in [0.5, 0.6) is 11.6 Å². The molecule has 0 unspecified atom stereocenters. The van der Waals surface area contributed by atoms with Gasteiger partial charge in [-0.15, -0.1) is 0 Å². The predicted octanol–water partition coefficient (Wildman–Crippen LogP) is -0.0661. The van der Waals surface area contributed by atoms with Crippen LogP contribution in [-0.2, 0) is 14.1 Å². The zero-order valence-corrected chi connectivity index (χ0v) is 12.6. The van der Waals surface area contributed by atoms with Gasteiger partial charge in [-0.25, -0.2) is 4.79 Å². The summed E-state index contributed by atoms with van der Waals surface area (Å²) in [7, 11) is 2.75. The molecule has 2 heterocycles. The molecule has 23 heavy (non-hydrogen) atoms. The van der Waals surface area contributed by atoms with E-state index < -0.39 is 17.1 Å². The van der Waals surface area contributed by atoms with E-state index in [1.165, 1.54) is 14.1 Å². The van der Waals surface area contributed by atoms with Gasteiger partial charge < -0.3 is 15.6 Å². The fraction of sp³-hybridized carbons (Fsp3) is 0.267. The molecule has 1 aromatic carbocycles. The Balaban J connectivity index is 1.98. The Morgan fingerprint density at radius 1 is 1.13 bits per heavy atom. The van der Waals surface area contributed by atoms with Gasteiger partial charge in [-0.1, -0.05) is 12.1 Å². The Hall–Kier alpha value is -3.03. The normalized spacial score (nSPS) is 17.0. The quantitative estimate of drug-likeness (QED) is 0.719. The number of rotatable bonds is 2. The van der Waals surface area contributed by atoms with E-state index in [0.29, 0.717) is 12.1 Å². The van der Waals surface area contributed by atoms with Crippen molar-refractivity contribution in [1.82, 2.24) is 14.6 Å². The summed E-state index contributed by atoms with van der Waals surface area (Å²) in [6, 6.07) is 6.47. The number of hydrogen-bond acceptors (Lipinski definition) is 6. The van der Waals surface area contributed by atoms with Crippen molar-refractivity contribution in [1.29, 1.82) is 0 Å². The van der Waals surface area contributed by atoms with Crippen LogP contribution in [0.3, 0.4) is 0 Å². The first-order chi connectivity index (χ1) is 10.9. The molecule has 0 spiro atoms. The number of nitrogens with zero attached hydrogens (tertiary/aromatic N) is 3. The zero-order valence-electron chi connectivity index (χ0n) is 12.6. The summed E-state index contributed by atoms with van der Waals surface area (Å²) in [5.74, 6) is -0.234. The Morgan fingerprint density at radius 3 is 2.43 bits per heavy atom. The van der Waals surface area contributed by atoms with Crippen LogP contribution in [0.15, 0.2) is 39.0 Å². The summed E-state index contributed by atoms with van der Waals surface area (Å²) >= 11 is 0. The van der Waals surface area contributed by atoms with Gasteiger partial charge in [0.1, 0.15) is 11.3 Å². The Bertz CT molecular complexity index is 909. The molecule has 8 nitrogen and oxygen atoms in total. The van der Waals surface area contributed by atoms with E-state index in [2.05, 4.69) is 10.5 Å². The first kappa shape index (κ1) is 14.9. The van der Waals surface area contributed by atoms with Gasteiger partial charge in [0.25, 0.3) is 5.56 Å². The molecule has 0 bridgehead atoms. The van der Waals surface area contributed by atoms with E-state index in [0.717, 1.165) is 14.7 Å². The van der Waals surface area contributed by atoms with Crippen LogP contribution in [0, 0.1) is 0 Å². The zero-order chi connectivity index (χ0) is 16.7. The van der Waals surface area contributed by atoms with Crippen LogP contribution in [0.1, 0.15) is 23.6 Å². The van der Waals surface area contributed by atoms with E-state index >= 15 is 0 Å². The number of hydrogen-bond donors (Lipinski definition) is 3. The largest absolute Gasteiger partial charge is 0.508 e. The maximum absolute atomic E-state index is 12.3. The van der Waals surface area contributed by atoms with Crippen molar-refractivity contribution in [3.63, 3.8) is 0 Å². The minimum atomic E-state index is -0.599. The molecular weight excluding hydrogens is 300 g/mol. The van der Waals surface area contributed by atoms with Gasteiger partial charge in [-0.2, -0.15) is 5.10 Å². The van der Waals surface area contributed by atoms with E-state index in [4.69, 9.17) is 0 Å². The second kappa shape index (κ2) is 5.31. The summed E-state index contributed by atoms with van der Waals surface area (Å²) < 4.78 is 1.94. The minimum Gasteiger partial charge on any atom is -0.508 e. The van der Waals surface area contributed by atoms with Crippen molar-refractivity contribution in [2.24, 2.45) is 19.2 Å². The number of phenols is 1. The van der Waals surface area contributed by atoms with Crippen LogP contribution in [0.4, 0.5) is 0 Å². The van der Waals surface area contributed by atoms with Crippen LogP contribution in [0.2, 0.25) is 0 Å². The van der Waals surface area contributed by atoms with E-state index in [1.807, 2.05) is 0 Å². The Labute approximate surface area is 130 Å². The molecule has 3 rings (SSSR count). The molecule has 1 aliphatic heterocycles. The first-order valence-corrected chi connectivity index (χ1v) is 7.00. The molecule has 120 valence electrons. The fourth-order valence-corrected chi connectivity index (χ4v) is 2.58. The monoisotopic (exact) mass is 316 g/mol. The third-order valence-electron chi connectivity index (χ3n) is 3.97. The fourth-order valence-electron chi connectivity index (χ4n) is 2.58. The lowest BCUT2D eigenvalue weighted by Gasteiger charge is -2.11. The number of nitrogens with one attached hydrogen (secondary N) is 1. The molecule has 0 saturated heterocycles. The maximum Gasteiger partial charge on any atom is 0.333 e. The molecule has 0 aliphatic carbocycles. The molecular formula is C15H16N4O4. The highest BCUT2D eigenvalue weighted by atomic mass is 16.3. The van der Waals surface area contributed by atoms with Crippen LogP contribution < -0.4 is 16.7 Å². The minimum absolute atomic E-state index is 0.0170. The number of phenolic OH excluding ortho intramolecular Hbond substituents is 1. The van der Waals surface area contributed by atoms with Gasteiger partial charge in [0.05, 0.1) is 11.8 Å². The van der Waals surface area contributed by atoms with Gasteiger partial charge >= 0.3 is 5.69 Å². The lowest BCUT2D eigenvalue weighted by Crippen LogP contribution is -2.39. The third kappa shape index (κ3) is 2.37. The average molecular weight is 316 g/mol. The molecule has 2 aromatic rings. The molecule has 0 fully saturated rings. The average Bonchev–Trinajstić information content (AvgIpc) is 3.01. The standard InChI is InChI=1S/C15H16N4O4/c1-18-13(21)12(14(22)19(2)15(18)23)11-7-10(16-17-11)8-3-5-9(20)6-4-8/h3-6,10,16,20-21H,7H2,1-2H3/t10-/m1/s1. The van der Waals surface area contributed by atoms with Gasteiger partial charge in [-0.05, 0) is 17.7 Å². The third-order valence-corrected chi connectivity index (χ3v) is 3.97. The lowest BCUT2D eigenvalue weighted by molar-refractivity contribution is 0.410. The highest BCUT2D eigenvalue weighted by molar-refractivity contribution is 6.03. The van der Waals surface area contributed by atoms with Crippen LogP contribution in [-0.4, -0.2) is 25.1 Å². The molecule has 1 atom stereocenters. The Kier molecular flexibility index (Phi) is 3.44. The van der Waals surface area contributed by atoms with Crippen molar-refractivity contribution in [3.05, 3.63) is 56.2 Å². The van der Waals surface area contributed by atoms with Crippen LogP contribution in [0.25, 0.3) is 0 Å². The van der Waals surface area contributed by atoms with E-state index in [-0.39, 0.29) is 17.4 Å². The molecule has 8 heteroatoms. The van der Waals surface area contributed by atoms with Gasteiger partial charge in [0.15, 0.2) is 0 Å². The maximum atomic E-state index is 12.3. The van der Waals surface area contributed by atoms with Gasteiger partial charge in [0.2, 0.25) is 5.88 Å². The summed E-state index contributed by atoms with van der Waals surface area (Å²) in [5.41, 5.74) is 3.02. The van der Waals surface area contributed by atoms with Gasteiger partial charge in [0, 0.05) is 20.5 Å². The predicted molar refractivity (Wildman–Crippen MR) is 83.7 cm³/mol. The van der Waals surface area contributed by atoms with Gasteiger partial charge in [-0.3, -0.25) is 13.9 Å². The molecule has 0 saturated carbocycles. The number of aromatic nitrogens is 2. The SMILES string of the molecule is Cn1c(O)c(C2=NN[C@@H](c3ccc(O)cc3)C2)c(=O)n(C)c1=O. The van der Waals surface area contributed by atoms with Crippen LogP contribution >= 0.6 is 0 Å². The lowest BCUT2D eigenvalue weighted by atomic mass is 10.00. The number of hydrazone groups is 1. The number of benzene rings is 1. The Morgan fingerprint density at radius 2 is 1.78 bits per heavy atom. The molecule has 0 amide bonds. The topological polar surface area (TPSA) is 109 Å². The highest BCUT2D eigenvalue weighted by Gasteiger charge is 2.27. The highest BCUT2D eigenvalue weighted by Crippen LogP contribution is 2.26. The van der Waals surface area contributed by atoms with Crippen molar-refractivity contribution in [2.75, 3.05) is 0 Å². The second-order valence-electron chi connectivity index (χ2n) is 5.44. The number of aromatic hydroxyl groups is 2. The summed E-state index contributed by atoms with van der Waals surface area (Å²) in [6.07, 6.45) is 0.381. The first-order valence-electron chi connectivity index (χ1n) is 7.00. The second-order valence-corrected chi connectivity index (χ2v) is 5.44. The van der Waals surface area contributed by atoms with E-state index in [9.17, 15) is 19.8 Å². The molecule has 0 radical (unpaired) electrons. The molecule has 1 aromatic heterocycles.